The van der Waals surface area contributed by atoms with Crippen LogP contribution in [0.3, 0.4) is 0 Å². The fourth-order valence-corrected chi connectivity index (χ4v) is 5.37. The summed E-state index contributed by atoms with van der Waals surface area (Å²) in [5.41, 5.74) is 1.24. The second-order valence-corrected chi connectivity index (χ2v) is 10.0. The van der Waals surface area contributed by atoms with Gasteiger partial charge in [0, 0.05) is 31.3 Å². The molecule has 10 heteroatoms. The van der Waals surface area contributed by atoms with Crippen LogP contribution in [-0.2, 0) is 10.0 Å². The number of amides is 1. The molecular formula is C21H19ClN4O3S2. The van der Waals surface area contributed by atoms with E-state index in [2.05, 4.69) is 14.7 Å². The van der Waals surface area contributed by atoms with E-state index in [4.69, 9.17) is 11.6 Å². The Bertz CT molecular complexity index is 1250. The summed E-state index contributed by atoms with van der Waals surface area (Å²) in [6.45, 7) is 0.801. The number of aromatic nitrogens is 1. The Hall–Kier alpha value is -2.75. The van der Waals surface area contributed by atoms with Crippen LogP contribution in [0.15, 0.2) is 64.0 Å². The molecule has 2 aromatic carbocycles. The van der Waals surface area contributed by atoms with Crippen molar-refractivity contribution in [3.8, 4) is 10.6 Å². The summed E-state index contributed by atoms with van der Waals surface area (Å²) >= 11 is 7.42. The number of nitrogens with zero attached hydrogens (tertiary/aromatic N) is 3. The van der Waals surface area contributed by atoms with Crippen LogP contribution in [0.4, 0.5) is 5.69 Å². The first kappa shape index (κ1) is 21.5. The molecule has 160 valence electrons. The Morgan fingerprint density at radius 1 is 1.19 bits per heavy atom. The van der Waals surface area contributed by atoms with Gasteiger partial charge in [0.15, 0.2) is 0 Å². The van der Waals surface area contributed by atoms with E-state index in [9.17, 15) is 13.2 Å². The molecule has 0 unspecified atom stereocenters. The number of rotatable bonds is 5. The number of likely N-dealkylation sites (tertiary alicyclic amines) is 1. The SMILES string of the molecule is CN1CCC/C1=N/S(=O)(=O)c1ccc(NC(=O)c2cnc(-c3ccccc3Cl)s2)cc1. The maximum Gasteiger partial charge on any atom is 0.283 e. The number of anilines is 1. The molecule has 3 aromatic rings. The minimum Gasteiger partial charge on any atom is -0.362 e. The first-order chi connectivity index (χ1) is 14.8. The molecule has 2 heterocycles. The van der Waals surface area contributed by atoms with Gasteiger partial charge in [-0.25, -0.2) is 4.98 Å². The topological polar surface area (TPSA) is 91.7 Å². The average Bonchev–Trinajstić information content (AvgIpc) is 3.38. The van der Waals surface area contributed by atoms with Gasteiger partial charge in [0.1, 0.15) is 15.7 Å². The van der Waals surface area contributed by atoms with Crippen molar-refractivity contribution < 1.29 is 13.2 Å². The first-order valence-corrected chi connectivity index (χ1v) is 12.1. The fourth-order valence-electron chi connectivity index (χ4n) is 3.14. The van der Waals surface area contributed by atoms with E-state index in [1.807, 2.05) is 30.1 Å². The van der Waals surface area contributed by atoms with Gasteiger partial charge in [-0.2, -0.15) is 8.42 Å². The third-order valence-electron chi connectivity index (χ3n) is 4.80. The molecule has 1 N–H and O–H groups in total. The number of nitrogens with one attached hydrogen (secondary N) is 1. The van der Waals surface area contributed by atoms with E-state index >= 15 is 0 Å². The van der Waals surface area contributed by atoms with Crippen molar-refractivity contribution in [3.63, 3.8) is 0 Å². The number of benzene rings is 2. The first-order valence-electron chi connectivity index (χ1n) is 9.50. The van der Waals surface area contributed by atoms with Crippen molar-refractivity contribution in [2.75, 3.05) is 18.9 Å². The lowest BCUT2D eigenvalue weighted by molar-refractivity contribution is 0.103. The largest absolute Gasteiger partial charge is 0.362 e. The average molecular weight is 475 g/mol. The highest BCUT2D eigenvalue weighted by molar-refractivity contribution is 7.90. The molecule has 1 aliphatic rings. The second-order valence-electron chi connectivity index (χ2n) is 7.00. The summed E-state index contributed by atoms with van der Waals surface area (Å²) in [6, 6.07) is 13.2. The van der Waals surface area contributed by atoms with Gasteiger partial charge in [-0.05, 0) is 36.8 Å². The molecule has 1 amide bonds. The molecule has 4 rings (SSSR count). The zero-order chi connectivity index (χ0) is 22.0. The summed E-state index contributed by atoms with van der Waals surface area (Å²) in [4.78, 5) is 19.2. The highest BCUT2D eigenvalue weighted by Crippen LogP contribution is 2.31. The number of hydrogen-bond acceptors (Lipinski definition) is 5. The van der Waals surface area contributed by atoms with Gasteiger partial charge in [0.05, 0.1) is 16.1 Å². The third kappa shape index (κ3) is 4.79. The minimum atomic E-state index is -3.79. The summed E-state index contributed by atoms with van der Waals surface area (Å²) in [5, 5.41) is 3.97. The van der Waals surface area contributed by atoms with Gasteiger partial charge in [0.2, 0.25) is 0 Å². The molecule has 1 fully saturated rings. The number of carbonyl (C=O) groups excluding carboxylic acids is 1. The Balaban J connectivity index is 1.47. The van der Waals surface area contributed by atoms with E-state index in [1.165, 1.54) is 29.7 Å². The van der Waals surface area contributed by atoms with Crippen LogP contribution in [0.1, 0.15) is 22.5 Å². The molecule has 31 heavy (non-hydrogen) atoms. The Morgan fingerprint density at radius 2 is 1.94 bits per heavy atom. The summed E-state index contributed by atoms with van der Waals surface area (Å²) in [5.74, 6) is 0.233. The monoisotopic (exact) mass is 474 g/mol. The predicted molar refractivity (Wildman–Crippen MR) is 123 cm³/mol. The van der Waals surface area contributed by atoms with E-state index in [1.54, 1.807) is 18.2 Å². The highest BCUT2D eigenvalue weighted by atomic mass is 35.5. The van der Waals surface area contributed by atoms with Gasteiger partial charge in [-0.3, -0.25) is 4.79 Å². The lowest BCUT2D eigenvalue weighted by Crippen LogP contribution is -2.20. The van der Waals surface area contributed by atoms with Crippen molar-refractivity contribution in [1.82, 2.24) is 9.88 Å². The molecule has 0 bridgehead atoms. The van der Waals surface area contributed by atoms with Gasteiger partial charge < -0.3 is 10.2 Å². The van der Waals surface area contributed by atoms with Gasteiger partial charge in [-0.15, -0.1) is 15.7 Å². The number of sulfonamides is 1. The van der Waals surface area contributed by atoms with Crippen LogP contribution in [0.5, 0.6) is 0 Å². The minimum absolute atomic E-state index is 0.0806. The van der Waals surface area contributed by atoms with Gasteiger partial charge in [0.25, 0.3) is 15.9 Å². The van der Waals surface area contributed by atoms with Crippen LogP contribution in [-0.4, -0.2) is 43.6 Å². The third-order valence-corrected chi connectivity index (χ3v) is 7.48. The van der Waals surface area contributed by atoms with E-state index < -0.39 is 10.0 Å². The number of hydrogen-bond donors (Lipinski definition) is 1. The zero-order valence-electron chi connectivity index (χ0n) is 16.6. The molecule has 7 nitrogen and oxygen atoms in total. The van der Waals surface area contributed by atoms with Crippen molar-refractivity contribution in [1.29, 1.82) is 0 Å². The quantitative estimate of drug-likeness (QED) is 0.586. The lowest BCUT2D eigenvalue weighted by atomic mass is 10.2. The predicted octanol–water partition coefficient (Wildman–Crippen LogP) is 4.53. The van der Waals surface area contributed by atoms with Gasteiger partial charge >= 0.3 is 0 Å². The summed E-state index contributed by atoms with van der Waals surface area (Å²) in [6.07, 6.45) is 3.03. The molecule has 0 radical (unpaired) electrons. The Morgan fingerprint density at radius 3 is 2.61 bits per heavy atom. The smallest absolute Gasteiger partial charge is 0.283 e. The molecule has 1 saturated heterocycles. The maximum absolute atomic E-state index is 12.6. The van der Waals surface area contributed by atoms with E-state index in [-0.39, 0.29) is 10.8 Å². The van der Waals surface area contributed by atoms with Crippen molar-refractivity contribution >= 4 is 50.4 Å². The molecular weight excluding hydrogens is 456 g/mol. The Kier molecular flexibility index (Phi) is 6.08. The van der Waals surface area contributed by atoms with Gasteiger partial charge in [-0.1, -0.05) is 29.8 Å². The number of thiazole rings is 1. The zero-order valence-corrected chi connectivity index (χ0v) is 19.0. The normalized spacial score (nSPS) is 15.4. The van der Waals surface area contributed by atoms with E-state index in [0.717, 1.165) is 18.5 Å². The molecule has 0 spiro atoms. The lowest BCUT2D eigenvalue weighted by Gasteiger charge is -2.11. The molecule has 0 atom stereocenters. The van der Waals surface area contributed by atoms with E-state index in [0.29, 0.717) is 32.9 Å². The molecule has 1 aliphatic heterocycles. The number of carbonyl (C=O) groups is 1. The molecule has 0 aliphatic carbocycles. The van der Waals surface area contributed by atoms with Crippen LogP contribution in [0.25, 0.3) is 10.6 Å². The van der Waals surface area contributed by atoms with Crippen LogP contribution < -0.4 is 5.32 Å². The summed E-state index contributed by atoms with van der Waals surface area (Å²) < 4.78 is 29.0. The number of amidine groups is 1. The van der Waals surface area contributed by atoms with Crippen molar-refractivity contribution in [3.05, 3.63) is 64.6 Å². The van der Waals surface area contributed by atoms with Crippen LogP contribution >= 0.6 is 22.9 Å². The standard InChI is InChI=1S/C21H19ClN4O3S2/c1-26-12-4-7-19(26)25-31(28,29)15-10-8-14(9-11-15)24-20(27)18-13-23-21(30-18)16-5-2-3-6-17(16)22/h2-3,5-6,8-11,13H,4,7,12H2,1H3,(H,24,27)/b25-19-. The highest BCUT2D eigenvalue weighted by Gasteiger charge is 2.20. The van der Waals surface area contributed by atoms with Crippen LogP contribution in [0.2, 0.25) is 5.02 Å². The summed E-state index contributed by atoms with van der Waals surface area (Å²) in [7, 11) is -1.96. The molecule has 1 aromatic heterocycles. The van der Waals surface area contributed by atoms with Crippen molar-refractivity contribution in [2.24, 2.45) is 4.40 Å². The van der Waals surface area contributed by atoms with Crippen molar-refractivity contribution in [2.45, 2.75) is 17.7 Å². The van der Waals surface area contributed by atoms with Crippen LogP contribution in [0, 0.1) is 0 Å². The molecule has 0 saturated carbocycles. The Labute approximate surface area is 189 Å². The number of halogens is 1. The maximum atomic E-state index is 12.6. The second kappa shape index (κ2) is 8.78. The fraction of sp³-hybridized carbons (Fsp3) is 0.190.